The molecule has 0 radical (unpaired) electrons. The summed E-state index contributed by atoms with van der Waals surface area (Å²) in [7, 11) is 0. The van der Waals surface area contributed by atoms with E-state index < -0.39 is 4.92 Å². The SMILES string of the molecule is O=[N+]([O-])c1ccc(CCn2ncnc2CO)cc1. The lowest BCUT2D eigenvalue weighted by Crippen LogP contribution is -2.08. The molecule has 7 heteroatoms. The molecule has 1 N–H and O–H groups in total. The van der Waals surface area contributed by atoms with Gasteiger partial charge in [0.15, 0.2) is 5.82 Å². The molecule has 0 bridgehead atoms. The molecule has 7 nitrogen and oxygen atoms in total. The van der Waals surface area contributed by atoms with E-state index >= 15 is 0 Å². The molecule has 0 saturated heterocycles. The molecule has 0 aliphatic carbocycles. The number of nitro groups is 1. The summed E-state index contributed by atoms with van der Waals surface area (Å²) >= 11 is 0. The van der Waals surface area contributed by atoms with E-state index in [4.69, 9.17) is 5.11 Å². The first-order valence-corrected chi connectivity index (χ1v) is 5.41. The second-order valence-electron chi connectivity index (χ2n) is 3.73. The molecule has 0 saturated carbocycles. The predicted octanol–water partition coefficient (Wildman–Crippen LogP) is 0.921. The zero-order chi connectivity index (χ0) is 13.0. The van der Waals surface area contributed by atoms with Gasteiger partial charge in [0.1, 0.15) is 12.9 Å². The monoisotopic (exact) mass is 248 g/mol. The predicted molar refractivity (Wildman–Crippen MR) is 62.7 cm³/mol. The van der Waals surface area contributed by atoms with E-state index in [2.05, 4.69) is 10.1 Å². The fourth-order valence-electron chi connectivity index (χ4n) is 1.62. The van der Waals surface area contributed by atoms with Crippen LogP contribution in [0.1, 0.15) is 11.4 Å². The summed E-state index contributed by atoms with van der Waals surface area (Å²) in [5, 5.41) is 23.5. The molecule has 0 aliphatic heterocycles. The Kier molecular flexibility index (Phi) is 3.63. The van der Waals surface area contributed by atoms with Crippen LogP contribution in [0.5, 0.6) is 0 Å². The Labute approximate surface area is 103 Å². The van der Waals surface area contributed by atoms with Gasteiger partial charge in [-0.15, -0.1) is 0 Å². The van der Waals surface area contributed by atoms with Gasteiger partial charge in [0.05, 0.1) is 4.92 Å². The van der Waals surface area contributed by atoms with Crippen molar-refractivity contribution in [2.45, 2.75) is 19.6 Å². The van der Waals surface area contributed by atoms with Gasteiger partial charge in [-0.25, -0.2) is 9.67 Å². The Morgan fingerprint density at radius 3 is 2.67 bits per heavy atom. The van der Waals surface area contributed by atoms with Crippen molar-refractivity contribution in [1.82, 2.24) is 14.8 Å². The average molecular weight is 248 g/mol. The minimum atomic E-state index is -0.426. The van der Waals surface area contributed by atoms with Crippen LogP contribution in [-0.4, -0.2) is 24.8 Å². The molecule has 0 fully saturated rings. The normalized spacial score (nSPS) is 10.5. The molecule has 1 aromatic carbocycles. The maximum atomic E-state index is 10.5. The minimum absolute atomic E-state index is 0.0792. The first-order chi connectivity index (χ1) is 8.70. The number of aromatic nitrogens is 3. The molecule has 18 heavy (non-hydrogen) atoms. The van der Waals surface area contributed by atoms with Crippen molar-refractivity contribution in [3.63, 3.8) is 0 Å². The minimum Gasteiger partial charge on any atom is -0.388 e. The number of nitro benzene ring substituents is 1. The number of aliphatic hydroxyl groups is 1. The van der Waals surface area contributed by atoms with E-state index in [9.17, 15) is 10.1 Å². The molecule has 94 valence electrons. The van der Waals surface area contributed by atoms with Crippen LogP contribution in [0.25, 0.3) is 0 Å². The number of hydrogen-bond donors (Lipinski definition) is 1. The maximum Gasteiger partial charge on any atom is 0.269 e. The van der Waals surface area contributed by atoms with E-state index in [1.165, 1.54) is 18.5 Å². The number of non-ortho nitro benzene ring substituents is 1. The van der Waals surface area contributed by atoms with E-state index in [1.54, 1.807) is 16.8 Å². The second kappa shape index (κ2) is 5.37. The van der Waals surface area contributed by atoms with Gasteiger partial charge in [-0.1, -0.05) is 12.1 Å². The average Bonchev–Trinajstić information content (AvgIpc) is 2.84. The number of benzene rings is 1. The van der Waals surface area contributed by atoms with Crippen LogP contribution in [0.3, 0.4) is 0 Å². The number of rotatable bonds is 5. The van der Waals surface area contributed by atoms with Gasteiger partial charge in [-0.05, 0) is 12.0 Å². The fourth-order valence-corrected chi connectivity index (χ4v) is 1.62. The van der Waals surface area contributed by atoms with Gasteiger partial charge in [0.2, 0.25) is 0 Å². The maximum absolute atomic E-state index is 10.5. The molecule has 2 aromatic rings. The summed E-state index contributed by atoms with van der Waals surface area (Å²) in [6, 6.07) is 6.38. The molecule has 1 aromatic heterocycles. The Morgan fingerprint density at radius 2 is 2.06 bits per heavy atom. The molecule has 1 heterocycles. The first-order valence-electron chi connectivity index (χ1n) is 5.41. The van der Waals surface area contributed by atoms with Crippen molar-refractivity contribution >= 4 is 5.69 Å². The highest BCUT2D eigenvalue weighted by Gasteiger charge is 2.05. The van der Waals surface area contributed by atoms with Crippen molar-refractivity contribution < 1.29 is 10.0 Å². The Morgan fingerprint density at radius 1 is 1.33 bits per heavy atom. The summed E-state index contributed by atoms with van der Waals surface area (Å²) in [6.07, 6.45) is 2.07. The third-order valence-corrected chi connectivity index (χ3v) is 2.60. The topological polar surface area (TPSA) is 94.1 Å². The molecular weight excluding hydrogens is 236 g/mol. The van der Waals surface area contributed by atoms with Gasteiger partial charge < -0.3 is 5.11 Å². The molecule has 0 spiro atoms. The molecule has 0 unspecified atom stereocenters. The summed E-state index contributed by atoms with van der Waals surface area (Å²) in [5.41, 5.74) is 1.05. The number of hydrogen-bond acceptors (Lipinski definition) is 5. The van der Waals surface area contributed by atoms with Gasteiger partial charge in [0, 0.05) is 18.7 Å². The van der Waals surface area contributed by atoms with Crippen LogP contribution in [0, 0.1) is 10.1 Å². The van der Waals surface area contributed by atoms with Crippen molar-refractivity contribution in [3.8, 4) is 0 Å². The summed E-state index contributed by atoms with van der Waals surface area (Å²) < 4.78 is 1.61. The van der Waals surface area contributed by atoms with E-state index in [1.807, 2.05) is 0 Å². The summed E-state index contributed by atoms with van der Waals surface area (Å²) in [5.74, 6) is 0.511. The lowest BCUT2D eigenvalue weighted by Gasteiger charge is -2.04. The van der Waals surface area contributed by atoms with Crippen LogP contribution in [-0.2, 0) is 19.6 Å². The van der Waals surface area contributed by atoms with Crippen LogP contribution >= 0.6 is 0 Å². The van der Waals surface area contributed by atoms with E-state index in [0.29, 0.717) is 18.8 Å². The molecule has 2 rings (SSSR count). The number of nitrogens with zero attached hydrogens (tertiary/aromatic N) is 4. The van der Waals surface area contributed by atoms with Crippen molar-refractivity contribution in [2.75, 3.05) is 0 Å². The molecule has 0 atom stereocenters. The highest BCUT2D eigenvalue weighted by atomic mass is 16.6. The van der Waals surface area contributed by atoms with Crippen molar-refractivity contribution in [1.29, 1.82) is 0 Å². The van der Waals surface area contributed by atoms with Crippen LogP contribution < -0.4 is 0 Å². The third kappa shape index (κ3) is 2.69. The smallest absolute Gasteiger partial charge is 0.269 e. The van der Waals surface area contributed by atoms with Crippen molar-refractivity contribution in [3.05, 3.63) is 52.1 Å². The summed E-state index contributed by atoms with van der Waals surface area (Å²) in [6.45, 7) is 0.425. The third-order valence-electron chi connectivity index (χ3n) is 2.60. The zero-order valence-electron chi connectivity index (χ0n) is 9.56. The van der Waals surface area contributed by atoms with E-state index in [-0.39, 0.29) is 12.3 Å². The Balaban J connectivity index is 2.00. The number of aryl methyl sites for hydroxylation is 2. The molecule has 0 aliphatic rings. The van der Waals surface area contributed by atoms with Gasteiger partial charge >= 0.3 is 0 Å². The highest BCUT2D eigenvalue weighted by molar-refractivity contribution is 5.32. The number of aliphatic hydroxyl groups excluding tert-OH is 1. The quantitative estimate of drug-likeness (QED) is 0.627. The lowest BCUT2D eigenvalue weighted by atomic mass is 10.1. The van der Waals surface area contributed by atoms with Crippen LogP contribution in [0.2, 0.25) is 0 Å². The largest absolute Gasteiger partial charge is 0.388 e. The van der Waals surface area contributed by atoms with Crippen molar-refractivity contribution in [2.24, 2.45) is 0 Å². The van der Waals surface area contributed by atoms with Crippen LogP contribution in [0.15, 0.2) is 30.6 Å². The Hall–Kier alpha value is -2.28. The highest BCUT2D eigenvalue weighted by Crippen LogP contribution is 2.12. The first kappa shape index (κ1) is 12.2. The fraction of sp³-hybridized carbons (Fsp3) is 0.273. The lowest BCUT2D eigenvalue weighted by molar-refractivity contribution is -0.384. The van der Waals surface area contributed by atoms with Gasteiger partial charge in [-0.3, -0.25) is 10.1 Å². The molecule has 0 amide bonds. The Bertz CT molecular complexity index is 535. The van der Waals surface area contributed by atoms with E-state index in [0.717, 1.165) is 5.56 Å². The van der Waals surface area contributed by atoms with Gasteiger partial charge in [-0.2, -0.15) is 5.10 Å². The standard InChI is InChI=1S/C11H12N4O3/c16-7-11-12-8-13-14(11)6-5-9-1-3-10(4-2-9)15(17)18/h1-4,8,16H,5-7H2. The van der Waals surface area contributed by atoms with Crippen LogP contribution in [0.4, 0.5) is 5.69 Å². The summed E-state index contributed by atoms with van der Waals surface area (Å²) in [4.78, 5) is 14.0. The zero-order valence-corrected chi connectivity index (χ0v) is 9.56. The molecular formula is C11H12N4O3. The van der Waals surface area contributed by atoms with Gasteiger partial charge in [0.25, 0.3) is 5.69 Å². The second-order valence-corrected chi connectivity index (χ2v) is 3.73.